The number of hydrogen-bond acceptors (Lipinski definition) is 1. The molecule has 0 radical (unpaired) electrons. The van der Waals surface area contributed by atoms with E-state index in [1.54, 1.807) is 5.30 Å². The van der Waals surface area contributed by atoms with Crippen LogP contribution in [-0.4, -0.2) is 20.9 Å². The molecule has 0 N–H and O–H groups in total. The largest absolute Gasteiger partial charge is 0.292 e. The van der Waals surface area contributed by atoms with Gasteiger partial charge in [-0.2, -0.15) is 0 Å². The Labute approximate surface area is 205 Å². The molecule has 1 heterocycles. The number of aromatic nitrogens is 2. The zero-order valence-electron chi connectivity index (χ0n) is 20.1. The molecule has 0 saturated heterocycles. The van der Waals surface area contributed by atoms with Gasteiger partial charge >= 0.3 is 0 Å². The molecule has 0 aliphatic heterocycles. The summed E-state index contributed by atoms with van der Waals surface area (Å²) in [6.07, 6.45) is 14.2. The van der Waals surface area contributed by atoms with Crippen molar-refractivity contribution < 1.29 is 0 Å². The smallest absolute Gasteiger partial charge is 0.146 e. The lowest BCUT2D eigenvalue weighted by atomic mass is 9.99. The molecule has 2 fully saturated rings. The van der Waals surface area contributed by atoms with Gasteiger partial charge in [-0.05, 0) is 66.6 Å². The quantitative estimate of drug-likeness (QED) is 0.270. The summed E-state index contributed by atoms with van der Waals surface area (Å²) in [5, 5.41) is 1.61. The summed E-state index contributed by atoms with van der Waals surface area (Å²) in [6, 6.07) is 28.8. The molecule has 0 spiro atoms. The number of fused-ring (bicyclic) bond motifs is 1. The molecule has 2 saturated carbocycles. The lowest BCUT2D eigenvalue weighted by Gasteiger charge is -2.39. The van der Waals surface area contributed by atoms with E-state index in [9.17, 15) is 0 Å². The summed E-state index contributed by atoms with van der Waals surface area (Å²) in [6.45, 7) is 0. The van der Waals surface area contributed by atoms with Crippen molar-refractivity contribution in [1.82, 2.24) is 9.55 Å². The zero-order valence-corrected chi connectivity index (χ0v) is 21.0. The second kappa shape index (κ2) is 10.0. The fourth-order valence-corrected chi connectivity index (χ4v) is 10.3. The third kappa shape index (κ3) is 4.22. The van der Waals surface area contributed by atoms with Crippen LogP contribution in [0.4, 0.5) is 0 Å². The lowest BCUT2D eigenvalue weighted by Crippen LogP contribution is -2.27. The maximum Gasteiger partial charge on any atom is 0.146 e. The van der Waals surface area contributed by atoms with Crippen molar-refractivity contribution >= 4 is 24.3 Å². The van der Waals surface area contributed by atoms with Gasteiger partial charge in [0.1, 0.15) is 5.82 Å². The average Bonchev–Trinajstić information content (AvgIpc) is 3.30. The molecule has 0 unspecified atom stereocenters. The minimum absolute atomic E-state index is 0.200. The highest BCUT2D eigenvalue weighted by molar-refractivity contribution is 7.67. The molecular weight excluding hydrogens is 431 g/mol. The van der Waals surface area contributed by atoms with Crippen LogP contribution in [0.2, 0.25) is 0 Å². The zero-order chi connectivity index (χ0) is 22.7. The lowest BCUT2D eigenvalue weighted by molar-refractivity contribution is 0.487. The molecular formula is C31H35N2P. The van der Waals surface area contributed by atoms with Gasteiger partial charge < -0.3 is 0 Å². The van der Waals surface area contributed by atoms with E-state index in [1.807, 2.05) is 0 Å². The molecule has 3 heteroatoms. The Bertz CT molecular complexity index is 1210. The number of para-hydroxylation sites is 3. The van der Waals surface area contributed by atoms with Gasteiger partial charge in [0, 0.05) is 11.3 Å². The van der Waals surface area contributed by atoms with Crippen LogP contribution in [0.15, 0.2) is 78.9 Å². The molecule has 0 atom stereocenters. The van der Waals surface area contributed by atoms with Gasteiger partial charge in [0.15, 0.2) is 0 Å². The van der Waals surface area contributed by atoms with Crippen LogP contribution in [0.5, 0.6) is 0 Å². The molecule has 6 rings (SSSR count). The normalized spacial score (nSPS) is 18.0. The number of imidazole rings is 1. The van der Waals surface area contributed by atoms with Crippen molar-refractivity contribution in [2.75, 3.05) is 0 Å². The van der Waals surface area contributed by atoms with Gasteiger partial charge in [-0.3, -0.25) is 4.57 Å². The van der Waals surface area contributed by atoms with Crippen molar-refractivity contribution in [3.8, 4) is 17.1 Å². The molecule has 2 aliphatic carbocycles. The minimum atomic E-state index is -0.200. The molecule has 2 nitrogen and oxygen atoms in total. The first kappa shape index (κ1) is 22.1. The highest BCUT2D eigenvalue weighted by atomic mass is 31.1. The van der Waals surface area contributed by atoms with E-state index in [0.717, 1.165) is 22.7 Å². The van der Waals surface area contributed by atoms with E-state index < -0.39 is 0 Å². The van der Waals surface area contributed by atoms with Gasteiger partial charge in [-0.15, -0.1) is 0 Å². The SMILES string of the molecule is c1ccc(-n2c(-c3ccccc3P(C3CCCCC3)C3CCCCC3)nc3ccccc32)cc1. The summed E-state index contributed by atoms with van der Waals surface area (Å²) >= 11 is 0. The molecule has 0 bridgehead atoms. The summed E-state index contributed by atoms with van der Waals surface area (Å²) in [5.74, 6) is 1.11. The Kier molecular flexibility index (Phi) is 6.51. The Hall–Kier alpha value is -2.44. The summed E-state index contributed by atoms with van der Waals surface area (Å²) < 4.78 is 2.39. The van der Waals surface area contributed by atoms with Crippen molar-refractivity contribution in [1.29, 1.82) is 0 Å². The second-order valence-electron chi connectivity index (χ2n) is 10.1. The van der Waals surface area contributed by atoms with E-state index in [2.05, 4.69) is 83.4 Å². The van der Waals surface area contributed by atoms with Gasteiger partial charge in [0.25, 0.3) is 0 Å². The number of rotatable bonds is 5. The van der Waals surface area contributed by atoms with Gasteiger partial charge in [0.05, 0.1) is 11.0 Å². The number of benzene rings is 3. The first-order chi connectivity index (χ1) is 16.9. The second-order valence-corrected chi connectivity index (χ2v) is 12.9. The van der Waals surface area contributed by atoms with E-state index in [4.69, 9.17) is 4.98 Å². The average molecular weight is 467 g/mol. The van der Waals surface area contributed by atoms with Crippen LogP contribution in [-0.2, 0) is 0 Å². The van der Waals surface area contributed by atoms with Crippen LogP contribution < -0.4 is 5.30 Å². The Morgan fingerprint density at radius 3 is 1.91 bits per heavy atom. The van der Waals surface area contributed by atoms with Crippen LogP contribution in [0.1, 0.15) is 64.2 Å². The molecule has 0 amide bonds. The van der Waals surface area contributed by atoms with Crippen molar-refractivity contribution in [2.24, 2.45) is 0 Å². The molecule has 174 valence electrons. The Morgan fingerprint density at radius 1 is 0.618 bits per heavy atom. The van der Waals surface area contributed by atoms with Crippen molar-refractivity contribution in [3.63, 3.8) is 0 Å². The van der Waals surface area contributed by atoms with E-state index in [0.29, 0.717) is 0 Å². The molecule has 4 aromatic rings. The first-order valence-corrected chi connectivity index (χ1v) is 14.8. The summed E-state index contributed by atoms with van der Waals surface area (Å²) in [5.41, 5.74) is 6.59. The fraction of sp³-hybridized carbons (Fsp3) is 0.387. The number of hydrogen-bond donors (Lipinski definition) is 0. The molecule has 34 heavy (non-hydrogen) atoms. The monoisotopic (exact) mass is 466 g/mol. The van der Waals surface area contributed by atoms with Gasteiger partial charge in [-0.25, -0.2) is 4.98 Å². The summed E-state index contributed by atoms with van der Waals surface area (Å²) in [4.78, 5) is 5.27. The van der Waals surface area contributed by atoms with Gasteiger partial charge in [0.2, 0.25) is 0 Å². The molecule has 1 aromatic heterocycles. The third-order valence-electron chi connectivity index (χ3n) is 7.93. The highest BCUT2D eigenvalue weighted by Gasteiger charge is 2.34. The van der Waals surface area contributed by atoms with E-state index >= 15 is 0 Å². The van der Waals surface area contributed by atoms with Crippen molar-refractivity contribution in [3.05, 3.63) is 78.9 Å². The Balaban J connectivity index is 1.54. The van der Waals surface area contributed by atoms with E-state index in [1.165, 1.54) is 81.0 Å². The number of nitrogens with zero attached hydrogens (tertiary/aromatic N) is 2. The Morgan fingerprint density at radius 2 is 1.21 bits per heavy atom. The predicted octanol–water partition coefficient (Wildman–Crippen LogP) is 8.47. The summed E-state index contributed by atoms with van der Waals surface area (Å²) in [7, 11) is -0.200. The van der Waals surface area contributed by atoms with Crippen LogP contribution in [0, 0.1) is 0 Å². The molecule has 3 aromatic carbocycles. The predicted molar refractivity (Wildman–Crippen MR) is 147 cm³/mol. The van der Waals surface area contributed by atoms with Crippen LogP contribution >= 0.6 is 7.92 Å². The maximum atomic E-state index is 5.27. The first-order valence-electron chi connectivity index (χ1n) is 13.3. The topological polar surface area (TPSA) is 17.8 Å². The van der Waals surface area contributed by atoms with Crippen LogP contribution in [0.25, 0.3) is 28.1 Å². The standard InChI is InChI=1S/C31H35N2P/c1-4-14-24(15-5-1)33-29-22-12-11-21-28(29)32-31(33)27-20-10-13-23-30(27)34(25-16-6-2-7-17-25)26-18-8-3-9-19-26/h1,4-5,10-15,20-23,25-26H,2-3,6-9,16-19H2. The van der Waals surface area contributed by atoms with Crippen LogP contribution in [0.3, 0.4) is 0 Å². The fourth-order valence-electron chi connectivity index (χ4n) is 6.34. The van der Waals surface area contributed by atoms with Gasteiger partial charge in [-0.1, -0.05) is 101 Å². The minimum Gasteiger partial charge on any atom is -0.292 e. The van der Waals surface area contributed by atoms with Crippen molar-refractivity contribution in [2.45, 2.75) is 75.5 Å². The van der Waals surface area contributed by atoms with E-state index in [-0.39, 0.29) is 7.92 Å². The maximum absolute atomic E-state index is 5.27. The third-order valence-corrected chi connectivity index (χ3v) is 11.5. The highest BCUT2D eigenvalue weighted by Crippen LogP contribution is 2.56. The molecule has 2 aliphatic rings.